The molecule has 0 atom stereocenters. The maximum atomic E-state index is 4.37. The van der Waals surface area contributed by atoms with Crippen LogP contribution in [0.2, 0.25) is 0 Å². The second-order valence-corrected chi connectivity index (χ2v) is 12.4. The fraction of sp³-hybridized carbons (Fsp3) is 0.0217. The molecular formula is C46H31N. The first-order chi connectivity index (χ1) is 23.2. The van der Waals surface area contributed by atoms with Gasteiger partial charge >= 0.3 is 0 Å². The van der Waals surface area contributed by atoms with Gasteiger partial charge in [0.2, 0.25) is 0 Å². The predicted octanol–water partition coefficient (Wildman–Crippen LogP) is 12.7. The molecule has 47 heavy (non-hydrogen) atoms. The van der Waals surface area contributed by atoms with Crippen molar-refractivity contribution in [3.63, 3.8) is 0 Å². The summed E-state index contributed by atoms with van der Waals surface area (Å²) in [5.41, 5.74) is 10.8. The van der Waals surface area contributed by atoms with Gasteiger partial charge in [0.25, 0.3) is 0 Å². The molecule has 9 aromatic rings. The van der Waals surface area contributed by atoms with Gasteiger partial charge in [-0.3, -0.25) is 4.98 Å². The first-order valence-electron chi connectivity index (χ1n) is 16.2. The Bertz CT molecular complexity index is 2630. The van der Waals surface area contributed by atoms with Gasteiger partial charge in [0.15, 0.2) is 0 Å². The molecule has 0 saturated heterocycles. The highest BCUT2D eigenvalue weighted by Crippen LogP contribution is 2.45. The summed E-state index contributed by atoms with van der Waals surface area (Å²) in [5.74, 6) is 0. The van der Waals surface area contributed by atoms with Crippen molar-refractivity contribution in [3.8, 4) is 44.5 Å². The topological polar surface area (TPSA) is 12.9 Å². The number of aryl methyl sites for hydroxylation is 1. The summed E-state index contributed by atoms with van der Waals surface area (Å²) in [6.07, 6.45) is 1.88. The van der Waals surface area contributed by atoms with E-state index in [2.05, 4.69) is 169 Å². The number of nitrogens with zero attached hydrogens (tertiary/aromatic N) is 1. The van der Waals surface area contributed by atoms with Crippen LogP contribution in [0.5, 0.6) is 0 Å². The van der Waals surface area contributed by atoms with E-state index in [9.17, 15) is 0 Å². The molecule has 0 aliphatic carbocycles. The number of fused-ring (bicyclic) bond motifs is 4. The van der Waals surface area contributed by atoms with Crippen LogP contribution >= 0.6 is 0 Å². The van der Waals surface area contributed by atoms with E-state index in [0.29, 0.717) is 0 Å². The van der Waals surface area contributed by atoms with Crippen LogP contribution < -0.4 is 0 Å². The summed E-state index contributed by atoms with van der Waals surface area (Å²) >= 11 is 0. The van der Waals surface area contributed by atoms with Gasteiger partial charge in [-0.25, -0.2) is 0 Å². The Labute approximate surface area is 274 Å². The molecule has 0 radical (unpaired) electrons. The molecular weight excluding hydrogens is 567 g/mol. The van der Waals surface area contributed by atoms with Crippen LogP contribution in [0.1, 0.15) is 5.69 Å². The van der Waals surface area contributed by atoms with Crippen LogP contribution in [0.4, 0.5) is 0 Å². The zero-order chi connectivity index (χ0) is 31.3. The van der Waals surface area contributed by atoms with Gasteiger partial charge in [0.1, 0.15) is 0 Å². The molecule has 1 heterocycles. The van der Waals surface area contributed by atoms with Gasteiger partial charge in [-0.05, 0) is 125 Å². The Kier molecular flexibility index (Phi) is 6.43. The van der Waals surface area contributed by atoms with Crippen molar-refractivity contribution in [1.29, 1.82) is 0 Å². The van der Waals surface area contributed by atoms with E-state index in [1.807, 2.05) is 13.1 Å². The fourth-order valence-corrected chi connectivity index (χ4v) is 7.25. The van der Waals surface area contributed by atoms with Gasteiger partial charge in [-0.1, -0.05) is 133 Å². The van der Waals surface area contributed by atoms with E-state index in [-0.39, 0.29) is 0 Å². The van der Waals surface area contributed by atoms with Crippen LogP contribution in [0.15, 0.2) is 170 Å². The molecule has 9 rings (SSSR count). The molecule has 0 bridgehead atoms. The Morgan fingerprint density at radius 2 is 0.766 bits per heavy atom. The normalized spacial score (nSPS) is 11.5. The second-order valence-electron chi connectivity index (χ2n) is 12.4. The Hall–Kier alpha value is -6.05. The standard InChI is InChI=1S/C46H31N/c1-30-26-38(24-25-47-30)34-16-14-33(15-17-34)37-22-23-43-44(29-37)46(40-21-19-32-9-3-5-11-36(32)28-40)42-13-7-6-12-41(42)45(43)39-20-18-31-8-2-4-10-35(31)27-39/h2-29H,1H3. The third-order valence-corrected chi connectivity index (χ3v) is 9.55. The van der Waals surface area contributed by atoms with E-state index in [1.165, 1.54) is 87.6 Å². The number of aromatic nitrogens is 1. The van der Waals surface area contributed by atoms with Crippen molar-refractivity contribution >= 4 is 43.1 Å². The second kappa shape index (κ2) is 11.1. The highest BCUT2D eigenvalue weighted by Gasteiger charge is 2.18. The third-order valence-electron chi connectivity index (χ3n) is 9.55. The Morgan fingerprint density at radius 1 is 0.319 bits per heavy atom. The highest BCUT2D eigenvalue weighted by molar-refractivity contribution is 6.22. The van der Waals surface area contributed by atoms with E-state index >= 15 is 0 Å². The van der Waals surface area contributed by atoms with Crippen LogP contribution in [0, 0.1) is 6.92 Å². The molecule has 8 aromatic carbocycles. The molecule has 0 aliphatic rings. The highest BCUT2D eigenvalue weighted by atomic mass is 14.6. The molecule has 0 saturated carbocycles. The minimum atomic E-state index is 1.02. The van der Waals surface area contributed by atoms with Gasteiger partial charge in [0.05, 0.1) is 0 Å². The molecule has 0 aliphatic heterocycles. The largest absolute Gasteiger partial charge is 0.262 e. The fourth-order valence-electron chi connectivity index (χ4n) is 7.25. The minimum Gasteiger partial charge on any atom is -0.262 e. The van der Waals surface area contributed by atoms with Crippen molar-refractivity contribution in [3.05, 3.63) is 176 Å². The predicted molar refractivity (Wildman–Crippen MR) is 201 cm³/mol. The van der Waals surface area contributed by atoms with Crippen molar-refractivity contribution in [2.75, 3.05) is 0 Å². The molecule has 0 spiro atoms. The van der Waals surface area contributed by atoms with Gasteiger partial charge < -0.3 is 0 Å². The van der Waals surface area contributed by atoms with Crippen LogP contribution in [0.25, 0.3) is 87.6 Å². The van der Waals surface area contributed by atoms with Crippen molar-refractivity contribution in [2.24, 2.45) is 0 Å². The minimum absolute atomic E-state index is 1.02. The summed E-state index contributed by atoms with van der Waals surface area (Å²) in [6, 6.07) is 60.1. The maximum Gasteiger partial charge on any atom is 0.0378 e. The van der Waals surface area contributed by atoms with Crippen LogP contribution in [-0.2, 0) is 0 Å². The van der Waals surface area contributed by atoms with Crippen LogP contribution in [0.3, 0.4) is 0 Å². The zero-order valence-corrected chi connectivity index (χ0v) is 26.1. The maximum absolute atomic E-state index is 4.37. The van der Waals surface area contributed by atoms with E-state index in [1.54, 1.807) is 0 Å². The lowest BCUT2D eigenvalue weighted by atomic mass is 9.84. The third kappa shape index (κ3) is 4.76. The summed E-state index contributed by atoms with van der Waals surface area (Å²) in [4.78, 5) is 4.37. The monoisotopic (exact) mass is 597 g/mol. The molecule has 1 aromatic heterocycles. The van der Waals surface area contributed by atoms with Gasteiger partial charge in [-0.2, -0.15) is 0 Å². The summed E-state index contributed by atoms with van der Waals surface area (Å²) in [6.45, 7) is 2.04. The van der Waals surface area contributed by atoms with E-state index < -0.39 is 0 Å². The van der Waals surface area contributed by atoms with Crippen molar-refractivity contribution in [1.82, 2.24) is 4.98 Å². The van der Waals surface area contributed by atoms with Crippen molar-refractivity contribution < 1.29 is 0 Å². The van der Waals surface area contributed by atoms with E-state index in [0.717, 1.165) is 5.69 Å². The Balaban J connectivity index is 1.32. The summed E-state index contributed by atoms with van der Waals surface area (Å²) in [5, 5.41) is 10.1. The Morgan fingerprint density at radius 3 is 1.34 bits per heavy atom. The lowest BCUT2D eigenvalue weighted by molar-refractivity contribution is 1.20. The zero-order valence-electron chi connectivity index (χ0n) is 26.1. The quantitative estimate of drug-likeness (QED) is 0.184. The van der Waals surface area contributed by atoms with Crippen molar-refractivity contribution in [2.45, 2.75) is 6.92 Å². The SMILES string of the molecule is Cc1cc(-c2ccc(-c3ccc4c(-c5ccc6ccccc6c5)c5ccccc5c(-c5ccc6ccccc6c5)c4c3)cc2)ccn1. The van der Waals surface area contributed by atoms with Gasteiger partial charge in [0, 0.05) is 11.9 Å². The molecule has 1 nitrogen and oxygen atoms in total. The van der Waals surface area contributed by atoms with E-state index in [4.69, 9.17) is 0 Å². The average molecular weight is 598 g/mol. The first-order valence-corrected chi connectivity index (χ1v) is 16.2. The number of benzene rings is 8. The smallest absolute Gasteiger partial charge is 0.0378 e. The lowest BCUT2D eigenvalue weighted by Crippen LogP contribution is -1.92. The first kappa shape index (κ1) is 27.3. The average Bonchev–Trinajstić information content (AvgIpc) is 3.13. The van der Waals surface area contributed by atoms with Gasteiger partial charge in [-0.15, -0.1) is 0 Å². The number of pyridine rings is 1. The molecule has 0 fully saturated rings. The summed E-state index contributed by atoms with van der Waals surface area (Å²) in [7, 11) is 0. The summed E-state index contributed by atoms with van der Waals surface area (Å²) < 4.78 is 0. The molecule has 0 N–H and O–H groups in total. The number of rotatable bonds is 4. The number of hydrogen-bond donors (Lipinski definition) is 0. The molecule has 220 valence electrons. The lowest BCUT2D eigenvalue weighted by Gasteiger charge is -2.19. The molecule has 0 unspecified atom stereocenters. The molecule has 1 heteroatoms. The number of hydrogen-bond acceptors (Lipinski definition) is 1. The van der Waals surface area contributed by atoms with Crippen LogP contribution in [-0.4, -0.2) is 4.98 Å². The molecule has 0 amide bonds.